The Labute approximate surface area is 194 Å². The molecule has 0 heterocycles. The van der Waals surface area contributed by atoms with Crippen molar-refractivity contribution in [3.05, 3.63) is 34.4 Å². The molecule has 38 heavy (non-hydrogen) atoms. The van der Waals surface area contributed by atoms with E-state index in [0.717, 1.165) is 0 Å². The fourth-order valence-electron chi connectivity index (χ4n) is 2.45. The summed E-state index contributed by atoms with van der Waals surface area (Å²) in [6.07, 6.45) is 0. The maximum atomic E-state index is 15.5. The number of alkyl halides is 2. The number of halogens is 14. The van der Waals surface area contributed by atoms with Gasteiger partial charge >= 0.3 is 40.7 Å². The molecule has 222 valence electrons. The standard InChI is InChI=1S/C8F14O12P4/c9-3-1(7(13,35(23,27-15)28-16)36(24,29-17)30-18)4(10)6(12)5(11)2(3)8(14,37(25,31-19)32-20)38(26,33-21)34-22. The summed E-state index contributed by atoms with van der Waals surface area (Å²) in [7, 11) is -32.0. The second kappa shape index (κ2) is 11.8. The van der Waals surface area contributed by atoms with Crippen LogP contribution in [-0.2, 0) is 66.4 Å². The van der Waals surface area contributed by atoms with E-state index in [2.05, 4.69) is 0 Å². The van der Waals surface area contributed by atoms with Gasteiger partial charge in [0.05, 0.1) is 11.1 Å². The lowest BCUT2D eigenvalue weighted by atomic mass is 10.1. The summed E-state index contributed by atoms with van der Waals surface area (Å²) in [6.45, 7) is 0. The Kier molecular flexibility index (Phi) is 10.8. The third kappa shape index (κ3) is 4.44. The number of hydrogen-bond acceptors (Lipinski definition) is 12. The Morgan fingerprint density at radius 1 is 0.395 bits per heavy atom. The van der Waals surface area contributed by atoms with Crippen molar-refractivity contribution >= 4 is 30.4 Å². The number of benzene rings is 1. The van der Waals surface area contributed by atoms with E-state index in [1.54, 1.807) is 0 Å². The lowest BCUT2D eigenvalue weighted by Crippen LogP contribution is -2.32. The molecule has 0 aliphatic rings. The molecule has 30 heteroatoms. The summed E-state index contributed by atoms with van der Waals surface area (Å²) in [4.78, 5) is 0. The molecule has 12 nitrogen and oxygen atoms in total. The van der Waals surface area contributed by atoms with E-state index in [9.17, 15) is 67.6 Å². The van der Waals surface area contributed by atoms with E-state index in [1.807, 2.05) is 37.8 Å². The van der Waals surface area contributed by atoms with Crippen LogP contribution in [0.25, 0.3) is 0 Å². The predicted octanol–water partition coefficient (Wildman–Crippen LogP) is 8.38. The van der Waals surface area contributed by atoms with Crippen molar-refractivity contribution in [2.75, 3.05) is 0 Å². The molecule has 0 amide bonds. The number of hydrogen-bond donors (Lipinski definition) is 0. The van der Waals surface area contributed by atoms with E-state index in [0.29, 0.717) is 0 Å². The summed E-state index contributed by atoms with van der Waals surface area (Å²) in [5.74, 6) is -16.1. The van der Waals surface area contributed by atoms with Crippen LogP contribution in [-0.4, -0.2) is 0 Å². The van der Waals surface area contributed by atoms with Gasteiger partial charge in [-0.1, -0.05) is 37.8 Å². The molecule has 0 atom stereocenters. The topological polar surface area (TPSA) is 142 Å². The van der Waals surface area contributed by atoms with Crippen molar-refractivity contribution in [2.45, 2.75) is 10.3 Å². The molecule has 0 radical (unpaired) electrons. The first-order valence-corrected chi connectivity index (χ1v) is 13.6. The van der Waals surface area contributed by atoms with E-state index in [1.165, 1.54) is 0 Å². The average molecular weight is 678 g/mol. The summed E-state index contributed by atoms with van der Waals surface area (Å²) >= 11 is 0. The summed E-state index contributed by atoms with van der Waals surface area (Å²) in [5.41, 5.74) is -8.22. The van der Waals surface area contributed by atoms with E-state index in [4.69, 9.17) is 0 Å². The zero-order chi connectivity index (χ0) is 30.1. The molecule has 1 rings (SSSR count). The van der Waals surface area contributed by atoms with E-state index in [-0.39, 0.29) is 0 Å². The molecule has 0 saturated carbocycles. The molecule has 0 aromatic heterocycles. The van der Waals surface area contributed by atoms with Crippen LogP contribution in [0.3, 0.4) is 0 Å². The zero-order valence-corrected chi connectivity index (χ0v) is 19.6. The highest BCUT2D eigenvalue weighted by molar-refractivity contribution is 7.73. The SMILES string of the molecule is O=P(OF)(OF)C(F)(c1c(F)c(F)c(F)c(C(F)(P(=O)(OF)OF)P(=O)(OF)OF)c1F)P(=O)(OF)OF. The fraction of sp³-hybridized carbons (Fsp3) is 0.250. The third-order valence-corrected chi connectivity index (χ3v) is 12.3. The highest BCUT2D eigenvalue weighted by atomic mass is 31.2. The lowest BCUT2D eigenvalue weighted by molar-refractivity contribution is -0.120. The molecule has 0 bridgehead atoms. The zero-order valence-electron chi connectivity index (χ0n) is 16.0. The van der Waals surface area contributed by atoms with Gasteiger partial charge in [0, 0.05) is 0 Å². The van der Waals surface area contributed by atoms with Crippen molar-refractivity contribution in [3.8, 4) is 0 Å². The van der Waals surface area contributed by atoms with Crippen molar-refractivity contribution < 1.29 is 119 Å². The molecule has 0 N–H and O–H groups in total. The molecule has 0 aliphatic carbocycles. The molecule has 0 aliphatic heterocycles. The van der Waals surface area contributed by atoms with E-state index >= 15 is 13.2 Å². The van der Waals surface area contributed by atoms with Crippen LogP contribution in [0.1, 0.15) is 11.1 Å². The van der Waals surface area contributed by atoms with Crippen molar-refractivity contribution in [1.82, 2.24) is 0 Å². The molecule has 1 aromatic carbocycles. The molecule has 0 spiro atoms. The fourth-order valence-corrected chi connectivity index (χ4v) is 8.29. The Morgan fingerprint density at radius 3 is 0.737 bits per heavy atom. The molecular formula is C8F14O12P4. The largest absolute Gasteiger partial charge is 0.446 e. The second-order valence-electron chi connectivity index (χ2n) is 5.72. The van der Waals surface area contributed by atoms with Crippen molar-refractivity contribution in [3.63, 3.8) is 0 Å². The van der Waals surface area contributed by atoms with Gasteiger partial charge in [-0.25, -0.2) is 44.6 Å². The number of rotatable bonds is 14. The van der Waals surface area contributed by atoms with E-state index < -0.39 is 75.1 Å². The van der Waals surface area contributed by atoms with Crippen LogP contribution in [0.2, 0.25) is 0 Å². The van der Waals surface area contributed by atoms with Crippen LogP contribution in [0.5, 0.6) is 0 Å². The molecule has 0 fully saturated rings. The second-order valence-corrected chi connectivity index (χ2v) is 14.0. The highest BCUT2D eigenvalue weighted by Crippen LogP contribution is 2.86. The summed E-state index contributed by atoms with van der Waals surface area (Å²) in [5, 5.41) is -13.5. The predicted molar refractivity (Wildman–Crippen MR) is 79.8 cm³/mol. The first-order valence-electron chi connectivity index (χ1n) is 7.45. The van der Waals surface area contributed by atoms with Crippen LogP contribution in [0, 0.1) is 23.3 Å². The highest BCUT2D eigenvalue weighted by Gasteiger charge is 2.78. The molecule has 1 aromatic rings. The molecule has 0 saturated heterocycles. The maximum Gasteiger partial charge on any atom is 0.446 e. The van der Waals surface area contributed by atoms with Crippen LogP contribution in [0.4, 0.5) is 62.6 Å². The Bertz CT molecular complexity index is 1070. The Balaban J connectivity index is 4.78. The lowest BCUT2D eigenvalue weighted by Gasteiger charge is -2.33. The minimum Gasteiger partial charge on any atom is -0.250 e. The monoisotopic (exact) mass is 678 g/mol. The van der Waals surface area contributed by atoms with Crippen LogP contribution >= 0.6 is 30.4 Å². The van der Waals surface area contributed by atoms with Gasteiger partial charge in [-0.3, -0.25) is 0 Å². The van der Waals surface area contributed by atoms with Crippen LogP contribution < -0.4 is 0 Å². The van der Waals surface area contributed by atoms with Crippen LogP contribution in [0.15, 0.2) is 0 Å². The average Bonchev–Trinajstić information content (AvgIpc) is 2.93. The molecule has 0 unspecified atom stereocenters. The maximum absolute atomic E-state index is 15.5. The van der Waals surface area contributed by atoms with Gasteiger partial charge in [0.2, 0.25) is 0 Å². The van der Waals surface area contributed by atoms with Gasteiger partial charge in [-0.15, -0.1) is 0 Å². The van der Waals surface area contributed by atoms with Crippen molar-refractivity contribution in [1.29, 1.82) is 0 Å². The van der Waals surface area contributed by atoms with Gasteiger partial charge in [0.15, 0.2) is 17.5 Å². The first-order chi connectivity index (χ1) is 17.4. The smallest absolute Gasteiger partial charge is 0.250 e. The quantitative estimate of drug-likeness (QED) is 0.0807. The van der Waals surface area contributed by atoms with Gasteiger partial charge in [0.25, 0.3) is 0 Å². The Hall–Kier alpha value is -1.16. The summed E-state index contributed by atoms with van der Waals surface area (Å²) < 4.78 is 254. The normalized spacial score (nSPS) is 14.3. The Morgan fingerprint density at radius 2 is 0.579 bits per heavy atom. The van der Waals surface area contributed by atoms with Gasteiger partial charge in [-0.05, 0) is 36.2 Å². The van der Waals surface area contributed by atoms with Gasteiger partial charge in [0.1, 0.15) is 5.82 Å². The summed E-state index contributed by atoms with van der Waals surface area (Å²) in [6, 6.07) is 0. The van der Waals surface area contributed by atoms with Gasteiger partial charge in [-0.2, -0.15) is 0 Å². The third-order valence-electron chi connectivity index (χ3n) is 4.08. The van der Waals surface area contributed by atoms with Gasteiger partial charge < -0.3 is 0 Å². The minimum atomic E-state index is -7.99. The van der Waals surface area contributed by atoms with Crippen molar-refractivity contribution in [2.24, 2.45) is 0 Å². The molecular weight excluding hydrogens is 678 g/mol. The first kappa shape index (κ1) is 34.9. The minimum absolute atomic E-state index is 1.91.